The molecule has 2 aromatic carbocycles. The Kier molecular flexibility index (Phi) is 4.35. The molecule has 120 valence electrons. The first kappa shape index (κ1) is 15.6. The molecule has 1 fully saturated rings. The van der Waals surface area contributed by atoms with Gasteiger partial charge in [-0.1, -0.05) is 30.3 Å². The van der Waals surface area contributed by atoms with E-state index in [1.807, 2.05) is 24.3 Å². The van der Waals surface area contributed by atoms with Crippen LogP contribution in [-0.4, -0.2) is 26.0 Å². The van der Waals surface area contributed by atoms with Crippen LogP contribution in [0.5, 0.6) is 0 Å². The number of benzene rings is 2. The van der Waals surface area contributed by atoms with Gasteiger partial charge in [0.1, 0.15) is 0 Å². The van der Waals surface area contributed by atoms with E-state index >= 15 is 0 Å². The van der Waals surface area contributed by atoms with Gasteiger partial charge < -0.3 is 16.0 Å². The van der Waals surface area contributed by atoms with Gasteiger partial charge in [0.25, 0.3) is 0 Å². The second kappa shape index (κ2) is 6.42. The maximum atomic E-state index is 11.1. The average molecular weight is 309 g/mol. The van der Waals surface area contributed by atoms with E-state index in [0.717, 1.165) is 13.0 Å². The SMILES string of the molecule is CN(C)c1ccccc1CNC1CC1c1ccc(C(N)=O)cc1. The molecule has 0 aliphatic heterocycles. The van der Waals surface area contributed by atoms with Gasteiger partial charge in [-0.25, -0.2) is 0 Å². The van der Waals surface area contributed by atoms with Gasteiger partial charge in [0, 0.05) is 43.9 Å². The molecule has 1 amide bonds. The van der Waals surface area contributed by atoms with Crippen molar-refractivity contribution >= 4 is 11.6 Å². The number of nitrogens with one attached hydrogen (secondary N) is 1. The number of nitrogens with two attached hydrogens (primary N) is 1. The van der Waals surface area contributed by atoms with E-state index in [-0.39, 0.29) is 5.91 Å². The van der Waals surface area contributed by atoms with Crippen LogP contribution in [0.25, 0.3) is 0 Å². The molecule has 1 saturated carbocycles. The molecule has 0 aromatic heterocycles. The molecule has 3 rings (SSSR count). The molecule has 0 heterocycles. The fourth-order valence-corrected chi connectivity index (χ4v) is 3.02. The van der Waals surface area contributed by atoms with Crippen LogP contribution in [-0.2, 0) is 6.54 Å². The number of hydrogen-bond donors (Lipinski definition) is 2. The number of primary amides is 1. The van der Waals surface area contributed by atoms with Gasteiger partial charge in [0.05, 0.1) is 0 Å². The second-order valence-corrected chi connectivity index (χ2v) is 6.34. The molecule has 4 heteroatoms. The predicted octanol–water partition coefficient (Wildman–Crippen LogP) is 2.50. The van der Waals surface area contributed by atoms with Gasteiger partial charge in [0.15, 0.2) is 0 Å². The molecule has 2 atom stereocenters. The lowest BCUT2D eigenvalue weighted by Gasteiger charge is -2.17. The van der Waals surface area contributed by atoms with Crippen molar-refractivity contribution < 1.29 is 4.79 Å². The Hall–Kier alpha value is -2.33. The largest absolute Gasteiger partial charge is 0.377 e. The molecule has 0 spiro atoms. The van der Waals surface area contributed by atoms with Crippen LogP contribution < -0.4 is 16.0 Å². The van der Waals surface area contributed by atoms with Crippen LogP contribution >= 0.6 is 0 Å². The zero-order chi connectivity index (χ0) is 16.4. The van der Waals surface area contributed by atoms with E-state index in [0.29, 0.717) is 17.5 Å². The summed E-state index contributed by atoms with van der Waals surface area (Å²) < 4.78 is 0. The minimum Gasteiger partial charge on any atom is -0.377 e. The minimum atomic E-state index is -0.373. The van der Waals surface area contributed by atoms with Crippen LogP contribution in [0.2, 0.25) is 0 Å². The Bertz CT molecular complexity index is 694. The van der Waals surface area contributed by atoms with Crippen LogP contribution in [0.3, 0.4) is 0 Å². The summed E-state index contributed by atoms with van der Waals surface area (Å²) in [7, 11) is 4.14. The van der Waals surface area contributed by atoms with E-state index in [4.69, 9.17) is 5.73 Å². The summed E-state index contributed by atoms with van der Waals surface area (Å²) in [5.74, 6) is 0.158. The Morgan fingerprint density at radius 1 is 1.17 bits per heavy atom. The normalized spacial score (nSPS) is 19.4. The summed E-state index contributed by atoms with van der Waals surface area (Å²) in [5.41, 5.74) is 9.68. The first-order valence-corrected chi connectivity index (χ1v) is 7.94. The van der Waals surface area contributed by atoms with Crippen LogP contribution in [0.15, 0.2) is 48.5 Å². The van der Waals surface area contributed by atoms with Crippen LogP contribution in [0.1, 0.15) is 33.8 Å². The monoisotopic (exact) mass is 309 g/mol. The van der Waals surface area contributed by atoms with Crippen molar-refractivity contribution in [3.8, 4) is 0 Å². The van der Waals surface area contributed by atoms with Crippen molar-refractivity contribution in [3.63, 3.8) is 0 Å². The van der Waals surface area contributed by atoms with Crippen molar-refractivity contribution in [1.82, 2.24) is 5.32 Å². The fourth-order valence-electron chi connectivity index (χ4n) is 3.02. The van der Waals surface area contributed by atoms with E-state index in [1.54, 1.807) is 0 Å². The molecule has 0 saturated heterocycles. The number of carbonyl (C=O) groups excluding carboxylic acids is 1. The summed E-state index contributed by atoms with van der Waals surface area (Å²) in [6, 6.07) is 16.6. The topological polar surface area (TPSA) is 58.4 Å². The van der Waals surface area contributed by atoms with Gasteiger partial charge in [-0.15, -0.1) is 0 Å². The molecular formula is C19H23N3O. The van der Waals surface area contributed by atoms with Gasteiger partial charge in [-0.3, -0.25) is 4.79 Å². The Balaban J connectivity index is 1.59. The molecular weight excluding hydrogens is 286 g/mol. The van der Waals surface area contributed by atoms with Crippen LogP contribution in [0.4, 0.5) is 5.69 Å². The third-order valence-electron chi connectivity index (χ3n) is 4.44. The van der Waals surface area contributed by atoms with Gasteiger partial charge in [0.2, 0.25) is 5.91 Å². The van der Waals surface area contributed by atoms with Crippen molar-refractivity contribution in [1.29, 1.82) is 0 Å². The first-order valence-electron chi connectivity index (χ1n) is 7.94. The first-order chi connectivity index (χ1) is 11.1. The quantitative estimate of drug-likeness (QED) is 0.862. The zero-order valence-corrected chi connectivity index (χ0v) is 13.6. The highest BCUT2D eigenvalue weighted by Crippen LogP contribution is 2.41. The van der Waals surface area contributed by atoms with Gasteiger partial charge in [-0.05, 0) is 35.7 Å². The summed E-state index contributed by atoms with van der Waals surface area (Å²) in [6.07, 6.45) is 1.14. The minimum absolute atomic E-state index is 0.373. The lowest BCUT2D eigenvalue weighted by atomic mass is 10.1. The van der Waals surface area contributed by atoms with E-state index in [9.17, 15) is 4.79 Å². The fraction of sp³-hybridized carbons (Fsp3) is 0.316. The number of rotatable bonds is 6. The average Bonchev–Trinajstić information content (AvgIpc) is 3.33. The summed E-state index contributed by atoms with van der Waals surface area (Å²) in [4.78, 5) is 13.3. The second-order valence-electron chi connectivity index (χ2n) is 6.34. The standard InChI is InChI=1S/C19H23N3O/c1-22(2)18-6-4-3-5-15(18)12-21-17-11-16(17)13-7-9-14(10-8-13)19(20)23/h3-10,16-17,21H,11-12H2,1-2H3,(H2,20,23). The zero-order valence-electron chi connectivity index (χ0n) is 13.6. The number of carbonyl (C=O) groups is 1. The molecule has 1 aliphatic rings. The highest BCUT2D eigenvalue weighted by molar-refractivity contribution is 5.92. The van der Waals surface area contributed by atoms with Crippen molar-refractivity contribution in [3.05, 3.63) is 65.2 Å². The van der Waals surface area contributed by atoms with E-state index in [1.165, 1.54) is 16.8 Å². The Morgan fingerprint density at radius 2 is 1.87 bits per heavy atom. The molecule has 2 unspecified atom stereocenters. The highest BCUT2D eigenvalue weighted by atomic mass is 16.1. The maximum absolute atomic E-state index is 11.1. The lowest BCUT2D eigenvalue weighted by Crippen LogP contribution is -2.20. The van der Waals surface area contributed by atoms with Crippen LogP contribution in [0, 0.1) is 0 Å². The molecule has 0 radical (unpaired) electrons. The Labute approximate surface area is 137 Å². The smallest absolute Gasteiger partial charge is 0.248 e. The number of nitrogens with zero attached hydrogens (tertiary/aromatic N) is 1. The van der Waals surface area contributed by atoms with E-state index < -0.39 is 0 Å². The number of hydrogen-bond acceptors (Lipinski definition) is 3. The van der Waals surface area contributed by atoms with Crippen molar-refractivity contribution in [2.45, 2.75) is 24.9 Å². The molecule has 1 aliphatic carbocycles. The molecule has 4 nitrogen and oxygen atoms in total. The lowest BCUT2D eigenvalue weighted by molar-refractivity contribution is 0.100. The maximum Gasteiger partial charge on any atom is 0.248 e. The van der Waals surface area contributed by atoms with Gasteiger partial charge >= 0.3 is 0 Å². The predicted molar refractivity (Wildman–Crippen MR) is 93.7 cm³/mol. The number of para-hydroxylation sites is 1. The van der Waals surface area contributed by atoms with Crippen molar-refractivity contribution in [2.75, 3.05) is 19.0 Å². The molecule has 23 heavy (non-hydrogen) atoms. The summed E-state index contributed by atoms with van der Waals surface area (Å²) >= 11 is 0. The third-order valence-corrected chi connectivity index (χ3v) is 4.44. The number of anilines is 1. The summed E-state index contributed by atoms with van der Waals surface area (Å²) in [5, 5.41) is 3.64. The molecule has 0 bridgehead atoms. The highest BCUT2D eigenvalue weighted by Gasteiger charge is 2.37. The molecule has 2 aromatic rings. The molecule has 3 N–H and O–H groups in total. The van der Waals surface area contributed by atoms with Gasteiger partial charge in [-0.2, -0.15) is 0 Å². The van der Waals surface area contributed by atoms with Crippen molar-refractivity contribution in [2.24, 2.45) is 5.73 Å². The number of amides is 1. The Morgan fingerprint density at radius 3 is 2.52 bits per heavy atom. The van der Waals surface area contributed by atoms with E-state index in [2.05, 4.69) is 48.6 Å². The third kappa shape index (κ3) is 3.54. The summed E-state index contributed by atoms with van der Waals surface area (Å²) in [6.45, 7) is 0.870.